The lowest BCUT2D eigenvalue weighted by Crippen LogP contribution is -2.62. The summed E-state index contributed by atoms with van der Waals surface area (Å²) in [5.41, 5.74) is 0. The molecule has 0 amide bonds. The van der Waals surface area contributed by atoms with Crippen LogP contribution in [0.25, 0.3) is 0 Å². The fourth-order valence-corrected chi connectivity index (χ4v) is 0.667. The number of piperazine rings is 1. The third-order valence-electron chi connectivity index (χ3n) is 1.21. The number of nitrogens with one attached hydrogen (secondary N) is 1. The fraction of sp³-hybridized carbons (Fsp3) is 1.00. The molecule has 4 atom stereocenters. The number of nitrogens with zero attached hydrogens (tertiary/aromatic N) is 1. The first-order valence-corrected chi connectivity index (χ1v) is 2.79. The molecule has 1 fully saturated rings. The summed E-state index contributed by atoms with van der Waals surface area (Å²) >= 11 is 0. The normalized spacial score (nSPS) is 49.2. The van der Waals surface area contributed by atoms with E-state index in [9.17, 15) is 0 Å². The van der Waals surface area contributed by atoms with Crippen LogP contribution in [0, 0.1) is 0 Å². The molecule has 4 unspecified atom stereocenters. The summed E-state index contributed by atoms with van der Waals surface area (Å²) in [5.74, 6) is 0. The molecule has 5 N–H and O–H groups in total. The minimum absolute atomic E-state index is 1.31. The lowest BCUT2D eigenvalue weighted by molar-refractivity contribution is -0.155. The van der Waals surface area contributed by atoms with Crippen molar-refractivity contribution >= 4 is 0 Å². The smallest absolute Gasteiger partial charge is 0.162 e. The number of aliphatic hydroxyl groups excluding tert-OH is 4. The summed E-state index contributed by atoms with van der Waals surface area (Å²) in [6, 6.07) is 0. The molecule has 0 bridgehead atoms. The van der Waals surface area contributed by atoms with Crippen molar-refractivity contribution in [3.8, 4) is 0 Å². The van der Waals surface area contributed by atoms with Crippen LogP contribution in [0.4, 0.5) is 0 Å². The van der Waals surface area contributed by atoms with E-state index >= 15 is 0 Å². The van der Waals surface area contributed by atoms with Gasteiger partial charge in [-0.1, -0.05) is 0 Å². The number of hydrogen-bond acceptors (Lipinski definition) is 5. The molecule has 0 aromatic rings. The van der Waals surface area contributed by atoms with Gasteiger partial charge in [0.25, 0.3) is 0 Å². The van der Waals surface area contributed by atoms with Crippen LogP contribution in [0.1, 0.15) is 0 Å². The van der Waals surface area contributed by atoms with Gasteiger partial charge >= 0.3 is 0 Å². The Morgan fingerprint density at radius 1 is 0.900 bits per heavy atom. The Bertz CT molecular complexity index is 95.8. The van der Waals surface area contributed by atoms with Crippen LogP contribution >= 0.6 is 0 Å². The van der Waals surface area contributed by atoms with Gasteiger partial charge in [-0.3, -0.25) is 5.32 Å². The maximum atomic E-state index is 8.74. The highest BCUT2D eigenvalue weighted by Crippen LogP contribution is 2.01. The summed E-state index contributed by atoms with van der Waals surface area (Å²) in [6.07, 6.45) is -5.37. The third-order valence-corrected chi connectivity index (χ3v) is 1.21. The largest absolute Gasteiger partial charge is 0.374 e. The van der Waals surface area contributed by atoms with E-state index in [0.717, 1.165) is 0 Å². The Hall–Kier alpha value is -0.240. The number of rotatable bonds is 0. The van der Waals surface area contributed by atoms with E-state index in [1.54, 1.807) is 0 Å². The second-order valence-corrected chi connectivity index (χ2v) is 2.03. The van der Waals surface area contributed by atoms with Gasteiger partial charge < -0.3 is 20.4 Å². The monoisotopic (exact) mass is 149 g/mol. The first-order valence-electron chi connectivity index (χ1n) is 2.79. The molecular formula is C4H9N2O4. The second kappa shape index (κ2) is 2.79. The zero-order chi connectivity index (χ0) is 7.72. The Kier molecular flexibility index (Phi) is 2.19. The first kappa shape index (κ1) is 7.86. The van der Waals surface area contributed by atoms with Gasteiger partial charge in [-0.25, -0.2) is 0 Å². The van der Waals surface area contributed by atoms with Gasteiger partial charge in [0.05, 0.1) is 0 Å². The Morgan fingerprint density at radius 2 is 1.30 bits per heavy atom. The summed E-state index contributed by atoms with van der Waals surface area (Å²) < 4.78 is 0. The van der Waals surface area contributed by atoms with Gasteiger partial charge in [-0.05, 0) is 0 Å². The maximum absolute atomic E-state index is 8.74. The number of hydrogen-bond donors (Lipinski definition) is 5. The second-order valence-electron chi connectivity index (χ2n) is 2.03. The molecule has 1 saturated heterocycles. The third kappa shape index (κ3) is 1.43. The van der Waals surface area contributed by atoms with E-state index in [0.29, 0.717) is 0 Å². The molecule has 10 heavy (non-hydrogen) atoms. The fourth-order valence-electron chi connectivity index (χ4n) is 0.667. The van der Waals surface area contributed by atoms with Crippen molar-refractivity contribution in [1.82, 2.24) is 10.6 Å². The molecule has 1 aliphatic rings. The Balaban J connectivity index is 2.46. The van der Waals surface area contributed by atoms with Crippen molar-refractivity contribution in [3.63, 3.8) is 0 Å². The lowest BCUT2D eigenvalue weighted by Gasteiger charge is -2.31. The van der Waals surface area contributed by atoms with Gasteiger partial charge in [0.1, 0.15) is 12.5 Å². The van der Waals surface area contributed by atoms with Crippen molar-refractivity contribution in [2.45, 2.75) is 24.9 Å². The average molecular weight is 149 g/mol. The quantitative estimate of drug-likeness (QED) is 0.245. The molecule has 1 heterocycles. The van der Waals surface area contributed by atoms with Gasteiger partial charge in [-0.2, -0.15) is 5.32 Å². The highest BCUT2D eigenvalue weighted by atomic mass is 16.4. The van der Waals surface area contributed by atoms with Crippen molar-refractivity contribution in [1.29, 1.82) is 0 Å². The van der Waals surface area contributed by atoms with Gasteiger partial charge in [-0.15, -0.1) is 0 Å². The minimum Gasteiger partial charge on any atom is -0.374 e. The van der Waals surface area contributed by atoms with Gasteiger partial charge in [0, 0.05) is 0 Å². The van der Waals surface area contributed by atoms with E-state index in [1.807, 2.05) is 0 Å². The van der Waals surface area contributed by atoms with Crippen molar-refractivity contribution in [3.05, 3.63) is 0 Å². The van der Waals surface area contributed by atoms with Crippen LogP contribution in [0.15, 0.2) is 0 Å². The molecule has 1 radical (unpaired) electrons. The molecule has 0 aromatic carbocycles. The molecule has 1 aliphatic heterocycles. The minimum atomic E-state index is -1.38. The molecule has 59 valence electrons. The maximum Gasteiger partial charge on any atom is 0.162 e. The van der Waals surface area contributed by atoms with E-state index in [2.05, 4.69) is 10.6 Å². The Labute approximate surface area is 57.1 Å². The predicted octanol–water partition coefficient (Wildman–Crippen LogP) is -3.53. The molecule has 1 rings (SSSR count). The van der Waals surface area contributed by atoms with Crippen molar-refractivity contribution in [2.75, 3.05) is 0 Å². The van der Waals surface area contributed by atoms with E-state index < -0.39 is 24.9 Å². The molecule has 6 heteroatoms. The van der Waals surface area contributed by atoms with Crippen LogP contribution in [0.2, 0.25) is 0 Å². The van der Waals surface area contributed by atoms with Crippen LogP contribution < -0.4 is 10.6 Å². The van der Waals surface area contributed by atoms with E-state index in [4.69, 9.17) is 20.4 Å². The van der Waals surface area contributed by atoms with Crippen LogP contribution in [-0.4, -0.2) is 45.3 Å². The lowest BCUT2D eigenvalue weighted by atomic mass is 10.3. The summed E-state index contributed by atoms with van der Waals surface area (Å²) in [5, 5.41) is 40.2. The summed E-state index contributed by atoms with van der Waals surface area (Å²) in [7, 11) is 0. The molecule has 0 aromatic heterocycles. The summed E-state index contributed by atoms with van der Waals surface area (Å²) in [4.78, 5) is 0. The average Bonchev–Trinajstić information content (AvgIpc) is 1.84. The predicted molar refractivity (Wildman–Crippen MR) is 29.3 cm³/mol. The molecule has 0 aliphatic carbocycles. The van der Waals surface area contributed by atoms with Crippen LogP contribution in [-0.2, 0) is 0 Å². The zero-order valence-electron chi connectivity index (χ0n) is 5.05. The van der Waals surface area contributed by atoms with Crippen LogP contribution in [0.5, 0.6) is 0 Å². The standard InChI is InChI=1S/C4H9N2O4/c7-1-2(8)6-4(10)3(9)5-1/h1-5,7-10H. The molecule has 0 saturated carbocycles. The highest BCUT2D eigenvalue weighted by Gasteiger charge is 2.32. The van der Waals surface area contributed by atoms with Gasteiger partial charge in [0.15, 0.2) is 12.5 Å². The zero-order valence-corrected chi connectivity index (χ0v) is 5.05. The van der Waals surface area contributed by atoms with Gasteiger partial charge in [0.2, 0.25) is 0 Å². The topological polar surface area (TPSA) is 107 Å². The summed E-state index contributed by atoms with van der Waals surface area (Å²) in [6.45, 7) is 0. The van der Waals surface area contributed by atoms with Crippen LogP contribution in [0.3, 0.4) is 0 Å². The highest BCUT2D eigenvalue weighted by molar-refractivity contribution is 4.76. The molecule has 6 nitrogen and oxygen atoms in total. The van der Waals surface area contributed by atoms with Crippen molar-refractivity contribution in [2.24, 2.45) is 0 Å². The number of aliphatic hydroxyl groups is 4. The van der Waals surface area contributed by atoms with E-state index in [-0.39, 0.29) is 0 Å². The first-order chi connectivity index (χ1) is 4.61. The SMILES string of the molecule is OC1[N]C(O)C(O)NC1O. The molecular weight excluding hydrogens is 140 g/mol. The molecule has 0 spiro atoms. The van der Waals surface area contributed by atoms with Crippen molar-refractivity contribution < 1.29 is 20.4 Å². The Morgan fingerprint density at radius 3 is 1.60 bits per heavy atom. The van der Waals surface area contributed by atoms with E-state index in [1.165, 1.54) is 0 Å².